The van der Waals surface area contributed by atoms with Gasteiger partial charge in [0.25, 0.3) is 11.7 Å². The van der Waals surface area contributed by atoms with Crippen LogP contribution in [0.15, 0.2) is 0 Å². The van der Waals surface area contributed by atoms with Gasteiger partial charge in [-0.3, -0.25) is 9.13 Å². The molecule has 0 saturated heterocycles. The van der Waals surface area contributed by atoms with Gasteiger partial charge < -0.3 is 37.4 Å². The molecule has 0 aliphatic heterocycles. The first-order valence-electron chi connectivity index (χ1n) is 6.35. The summed E-state index contributed by atoms with van der Waals surface area (Å²) in [5.41, 5.74) is 0. The minimum absolute atomic E-state index is 0.797. The van der Waals surface area contributed by atoms with Crippen molar-refractivity contribution in [2.24, 2.45) is 0 Å². The van der Waals surface area contributed by atoms with Gasteiger partial charge in [0, 0.05) is 42.7 Å². The van der Waals surface area contributed by atoms with E-state index in [2.05, 4.69) is 32.3 Å². The summed E-state index contributed by atoms with van der Waals surface area (Å²) in [7, 11) is 0.781. The van der Waals surface area contributed by atoms with Gasteiger partial charge in [0.1, 0.15) is 0 Å². The van der Waals surface area contributed by atoms with Crippen LogP contribution in [0.2, 0.25) is 0 Å². The number of rotatable bonds is 10. The van der Waals surface area contributed by atoms with E-state index in [4.69, 9.17) is 5.11 Å². The topological polar surface area (TPSA) is 153 Å². The Morgan fingerprint density at radius 1 is 0.720 bits per heavy atom. The Bertz CT molecular complexity index is 491. The zero-order valence-electron chi connectivity index (χ0n) is 15.0. The molecule has 0 bridgehead atoms. The lowest BCUT2D eigenvalue weighted by molar-refractivity contribution is -0.148. The molecular weight excluding hydrogens is 386 g/mol. The number of methoxy groups -OCH3 is 3. The van der Waals surface area contributed by atoms with E-state index in [0.717, 1.165) is 28.4 Å². The van der Waals surface area contributed by atoms with Crippen molar-refractivity contribution < 1.29 is 56.1 Å². The predicted molar refractivity (Wildman–Crippen MR) is 84.5 cm³/mol. The summed E-state index contributed by atoms with van der Waals surface area (Å²) in [6, 6.07) is 0. The molecule has 14 heteroatoms. The maximum absolute atomic E-state index is 11.6. The molecule has 0 heterocycles. The number of carboxylic acids is 1. The Kier molecular flexibility index (Phi) is 13.2. The highest BCUT2D eigenvalue weighted by atomic mass is 31.2. The minimum atomic E-state index is -3.67. The van der Waals surface area contributed by atoms with Crippen LogP contribution in [0.1, 0.15) is 0 Å². The van der Waals surface area contributed by atoms with E-state index in [0.29, 0.717) is 0 Å². The molecule has 0 fully saturated rings. The maximum Gasteiger partial charge on any atom is 0.370 e. The maximum atomic E-state index is 11.6. The summed E-state index contributed by atoms with van der Waals surface area (Å²) in [5, 5.41) is 8.51. The SMILES string of the molecule is COC(=O)C(OC)P(=O)(OC)OC.COC(C(=O)O)P(=O)(OC)OC. The third-order valence-corrected chi connectivity index (χ3v) is 6.69. The van der Waals surface area contributed by atoms with Gasteiger partial charge in [-0.15, -0.1) is 0 Å². The molecule has 12 nitrogen and oxygen atoms in total. The van der Waals surface area contributed by atoms with E-state index < -0.39 is 38.8 Å². The lowest BCUT2D eigenvalue weighted by Gasteiger charge is -2.20. The van der Waals surface area contributed by atoms with Crippen LogP contribution in [0.25, 0.3) is 0 Å². The predicted octanol–water partition coefficient (Wildman–Crippen LogP) is 1.15. The van der Waals surface area contributed by atoms with Gasteiger partial charge in [0.15, 0.2) is 0 Å². The summed E-state index contributed by atoms with van der Waals surface area (Å²) in [4.78, 5) is 21.5. The monoisotopic (exact) mass is 410 g/mol. The molecule has 0 aromatic heterocycles. The van der Waals surface area contributed by atoms with Crippen molar-refractivity contribution in [1.29, 1.82) is 0 Å². The van der Waals surface area contributed by atoms with Crippen molar-refractivity contribution in [1.82, 2.24) is 0 Å². The Morgan fingerprint density at radius 2 is 1.04 bits per heavy atom. The fourth-order valence-electron chi connectivity index (χ4n) is 1.35. The fraction of sp³-hybridized carbons (Fsp3) is 0.818. The number of carbonyl (C=O) groups excluding carboxylic acids is 1. The van der Waals surface area contributed by atoms with E-state index in [1.807, 2.05) is 0 Å². The Morgan fingerprint density at radius 3 is 1.20 bits per heavy atom. The number of hydrogen-bond donors (Lipinski definition) is 1. The first-order valence-corrected chi connectivity index (χ1v) is 9.58. The molecule has 0 amide bonds. The Labute approximate surface area is 145 Å². The lowest BCUT2D eigenvalue weighted by atomic mass is 10.7. The van der Waals surface area contributed by atoms with E-state index in [1.54, 1.807) is 0 Å². The normalized spacial score (nSPS) is 14.0. The van der Waals surface area contributed by atoms with Crippen LogP contribution in [0.3, 0.4) is 0 Å². The van der Waals surface area contributed by atoms with Crippen LogP contribution in [0.5, 0.6) is 0 Å². The Balaban J connectivity index is 0. The molecular formula is C11H24O12P2. The van der Waals surface area contributed by atoms with Gasteiger partial charge in [0.2, 0.25) is 0 Å². The quantitative estimate of drug-likeness (QED) is 0.406. The number of ether oxygens (including phenoxy) is 3. The van der Waals surface area contributed by atoms with E-state index in [-0.39, 0.29) is 0 Å². The third kappa shape index (κ3) is 7.51. The van der Waals surface area contributed by atoms with Crippen molar-refractivity contribution in [3.05, 3.63) is 0 Å². The molecule has 0 aromatic rings. The van der Waals surface area contributed by atoms with Crippen LogP contribution in [0, 0.1) is 0 Å². The van der Waals surface area contributed by atoms with Crippen molar-refractivity contribution in [2.45, 2.75) is 11.7 Å². The van der Waals surface area contributed by atoms with Crippen molar-refractivity contribution in [2.75, 3.05) is 49.8 Å². The Hall–Kier alpha value is -0.840. The second-order valence-electron chi connectivity index (χ2n) is 3.85. The van der Waals surface area contributed by atoms with Crippen LogP contribution < -0.4 is 0 Å². The van der Waals surface area contributed by atoms with Crippen molar-refractivity contribution in [3.63, 3.8) is 0 Å². The molecule has 25 heavy (non-hydrogen) atoms. The molecule has 2 unspecified atom stereocenters. The standard InChI is InChI=1S/C6H13O6P.C5H11O6P/c1-9-5(7)6(10-2)13(8,11-3)12-4;1-9-5(4(6)7)12(8,10-2)11-3/h6H,1-4H3;5H,1-3H3,(H,6,7). The van der Waals surface area contributed by atoms with Crippen LogP contribution in [-0.4, -0.2) is 78.5 Å². The van der Waals surface area contributed by atoms with Gasteiger partial charge in [-0.25, -0.2) is 9.59 Å². The number of hydrogen-bond acceptors (Lipinski definition) is 11. The highest BCUT2D eigenvalue weighted by Crippen LogP contribution is 2.52. The zero-order chi connectivity index (χ0) is 20.3. The van der Waals surface area contributed by atoms with Gasteiger partial charge in [-0.2, -0.15) is 0 Å². The van der Waals surface area contributed by atoms with Crippen molar-refractivity contribution in [3.8, 4) is 0 Å². The summed E-state index contributed by atoms with van der Waals surface area (Å²) >= 11 is 0. The summed E-state index contributed by atoms with van der Waals surface area (Å²) in [5.74, 6) is -5.10. The fourth-order valence-corrected chi connectivity index (χ4v) is 3.57. The first kappa shape index (κ1) is 26.4. The molecule has 0 aliphatic rings. The van der Waals surface area contributed by atoms with Gasteiger partial charge >= 0.3 is 27.1 Å². The van der Waals surface area contributed by atoms with Crippen LogP contribution in [0.4, 0.5) is 0 Å². The number of esters is 1. The molecule has 150 valence electrons. The largest absolute Gasteiger partial charge is 0.479 e. The number of carboxylic acid groups (broad SMARTS) is 1. The smallest absolute Gasteiger partial charge is 0.370 e. The molecule has 0 aromatic carbocycles. The minimum Gasteiger partial charge on any atom is -0.479 e. The molecule has 2 atom stereocenters. The van der Waals surface area contributed by atoms with E-state index in [1.165, 1.54) is 21.3 Å². The molecule has 0 spiro atoms. The summed E-state index contributed by atoms with van der Waals surface area (Å²) in [6.07, 6.45) is 0. The molecule has 0 radical (unpaired) electrons. The van der Waals surface area contributed by atoms with Crippen LogP contribution >= 0.6 is 15.2 Å². The highest BCUT2D eigenvalue weighted by Gasteiger charge is 2.41. The first-order chi connectivity index (χ1) is 11.6. The molecule has 0 aliphatic carbocycles. The third-order valence-electron chi connectivity index (χ3n) is 2.65. The molecule has 0 saturated carbocycles. The van der Waals surface area contributed by atoms with E-state index >= 15 is 0 Å². The van der Waals surface area contributed by atoms with Gasteiger partial charge in [-0.1, -0.05) is 0 Å². The number of aliphatic carboxylic acids is 1. The second-order valence-corrected chi connectivity index (χ2v) is 8.41. The van der Waals surface area contributed by atoms with Crippen LogP contribution in [-0.2, 0) is 51.0 Å². The zero-order valence-corrected chi connectivity index (χ0v) is 16.8. The second kappa shape index (κ2) is 12.5. The molecule has 0 rings (SSSR count). The van der Waals surface area contributed by atoms with Gasteiger partial charge in [0.05, 0.1) is 7.11 Å². The van der Waals surface area contributed by atoms with Gasteiger partial charge in [-0.05, 0) is 0 Å². The lowest BCUT2D eigenvalue weighted by Crippen LogP contribution is -2.25. The van der Waals surface area contributed by atoms with E-state index in [9.17, 15) is 18.7 Å². The van der Waals surface area contributed by atoms with Crippen molar-refractivity contribution >= 4 is 27.1 Å². The number of carbonyl (C=O) groups is 2. The average Bonchev–Trinajstić information content (AvgIpc) is 2.62. The summed E-state index contributed by atoms with van der Waals surface area (Å²) in [6.45, 7) is 0. The summed E-state index contributed by atoms with van der Waals surface area (Å²) < 4.78 is 54.4. The highest BCUT2D eigenvalue weighted by molar-refractivity contribution is 7.55. The molecule has 1 N–H and O–H groups in total. The average molecular weight is 410 g/mol.